The normalized spacial score (nSPS) is 15.4. The fourth-order valence-electron chi connectivity index (χ4n) is 7.37. The molecule has 242 valence electrons. The van der Waals surface area contributed by atoms with Gasteiger partial charge in [-0.15, -0.1) is 0 Å². The Morgan fingerprint density at radius 2 is 0.843 bits per heavy atom. The van der Waals surface area contributed by atoms with E-state index in [9.17, 15) is 0 Å². The van der Waals surface area contributed by atoms with E-state index in [4.69, 9.17) is 10.7 Å². The van der Waals surface area contributed by atoms with Crippen LogP contribution in [0.3, 0.4) is 0 Å². The van der Waals surface area contributed by atoms with Crippen molar-refractivity contribution in [2.24, 2.45) is 4.99 Å². The summed E-state index contributed by atoms with van der Waals surface area (Å²) in [4.78, 5) is 5.21. The first-order valence-corrected chi connectivity index (χ1v) is 17.3. The van der Waals surface area contributed by atoms with E-state index in [0.29, 0.717) is 0 Å². The Morgan fingerprint density at radius 3 is 1.39 bits per heavy atom. The number of rotatable bonds is 6. The summed E-state index contributed by atoms with van der Waals surface area (Å²) in [6, 6.07) is 64.5. The van der Waals surface area contributed by atoms with Crippen LogP contribution in [0, 0.1) is 0 Å². The van der Waals surface area contributed by atoms with Gasteiger partial charge in [-0.2, -0.15) is 0 Å². The van der Waals surface area contributed by atoms with Crippen molar-refractivity contribution in [1.82, 2.24) is 5.32 Å². The summed E-state index contributed by atoms with van der Waals surface area (Å²) in [7, 11) is 0. The molecule has 1 aliphatic heterocycles. The Balaban J connectivity index is 1.10. The molecule has 0 aromatic heterocycles. The highest BCUT2D eigenvalue weighted by molar-refractivity contribution is 5.98. The molecule has 0 radical (unpaired) electrons. The number of nitrogens with zero attached hydrogens (tertiary/aromatic N) is 1. The first-order chi connectivity index (χ1) is 25.1. The van der Waals surface area contributed by atoms with Crippen molar-refractivity contribution in [2.75, 3.05) is 5.73 Å². The zero-order chi connectivity index (χ0) is 34.2. The molecule has 8 aromatic carbocycles. The van der Waals surface area contributed by atoms with Crippen LogP contribution in [-0.4, -0.2) is 6.21 Å². The molecule has 3 heteroatoms. The van der Waals surface area contributed by atoms with Crippen molar-refractivity contribution in [2.45, 2.75) is 5.66 Å². The number of hydrogen-bond donors (Lipinski definition) is 2. The average molecular weight is 654 g/mol. The second kappa shape index (κ2) is 12.6. The third-order valence-electron chi connectivity index (χ3n) is 10.1. The van der Waals surface area contributed by atoms with Crippen molar-refractivity contribution in [3.63, 3.8) is 0 Å². The lowest BCUT2D eigenvalue weighted by Crippen LogP contribution is -2.42. The van der Waals surface area contributed by atoms with Crippen LogP contribution in [0.2, 0.25) is 0 Å². The number of hydrogen-bond acceptors (Lipinski definition) is 3. The van der Waals surface area contributed by atoms with Gasteiger partial charge in [0.1, 0.15) is 0 Å². The molecule has 0 saturated carbocycles. The standard InChI is InChI=1S/C48H35N3/c49-42-29-23-34(24-30-42)33-19-25-40(26-20-33)48(41-27-21-38(22-28-41)46-14-6-10-36-8-2-4-12-44(36)46)50-32-31-47(51-48)39-17-15-37(16-18-39)45-13-5-9-35-7-1-3-11-43(35)45/h1-32,51H,49H2. The Hall–Kier alpha value is -6.71. The summed E-state index contributed by atoms with van der Waals surface area (Å²) in [5.74, 6) is 0. The molecule has 0 amide bonds. The lowest BCUT2D eigenvalue weighted by molar-refractivity contribution is 0.491. The molecular weight excluding hydrogens is 619 g/mol. The third kappa shape index (κ3) is 5.55. The molecule has 1 heterocycles. The van der Waals surface area contributed by atoms with Gasteiger partial charge >= 0.3 is 0 Å². The summed E-state index contributed by atoms with van der Waals surface area (Å²) in [5.41, 5.74) is 17.2. The van der Waals surface area contributed by atoms with Gasteiger partial charge in [0.15, 0.2) is 5.66 Å². The maximum absolute atomic E-state index is 5.97. The highest BCUT2D eigenvalue weighted by atomic mass is 15.2. The van der Waals surface area contributed by atoms with Gasteiger partial charge in [0.05, 0.1) is 0 Å². The van der Waals surface area contributed by atoms with Crippen LogP contribution in [0.1, 0.15) is 16.7 Å². The van der Waals surface area contributed by atoms with E-state index in [1.165, 1.54) is 43.8 Å². The zero-order valence-corrected chi connectivity index (χ0v) is 28.0. The molecular formula is C48H35N3. The summed E-state index contributed by atoms with van der Waals surface area (Å²) in [5, 5.41) is 8.88. The first kappa shape index (κ1) is 30.4. The van der Waals surface area contributed by atoms with Crippen LogP contribution < -0.4 is 11.1 Å². The van der Waals surface area contributed by atoms with Crippen molar-refractivity contribution in [3.8, 4) is 33.4 Å². The van der Waals surface area contributed by atoms with Gasteiger partial charge in [0.25, 0.3) is 0 Å². The van der Waals surface area contributed by atoms with Gasteiger partial charge in [0, 0.05) is 28.7 Å². The molecule has 3 nitrogen and oxygen atoms in total. The molecule has 0 bridgehead atoms. The van der Waals surface area contributed by atoms with Crippen LogP contribution in [0.15, 0.2) is 193 Å². The minimum absolute atomic E-state index is 0.756. The number of anilines is 1. The minimum atomic E-state index is -0.838. The highest BCUT2D eigenvalue weighted by Crippen LogP contribution is 2.39. The lowest BCUT2D eigenvalue weighted by atomic mass is 9.87. The largest absolute Gasteiger partial charge is 0.399 e. The average Bonchev–Trinajstić information content (AvgIpc) is 3.21. The molecule has 9 rings (SSSR count). The molecule has 1 atom stereocenters. The number of benzene rings is 8. The van der Waals surface area contributed by atoms with Gasteiger partial charge in [-0.25, -0.2) is 0 Å². The minimum Gasteiger partial charge on any atom is -0.399 e. The van der Waals surface area contributed by atoms with Gasteiger partial charge < -0.3 is 11.1 Å². The van der Waals surface area contributed by atoms with Crippen LogP contribution in [-0.2, 0) is 5.66 Å². The van der Waals surface area contributed by atoms with E-state index in [1.54, 1.807) is 0 Å². The molecule has 1 unspecified atom stereocenters. The first-order valence-electron chi connectivity index (χ1n) is 17.3. The maximum Gasteiger partial charge on any atom is 0.181 e. The molecule has 1 aliphatic rings. The monoisotopic (exact) mass is 653 g/mol. The van der Waals surface area contributed by atoms with Gasteiger partial charge in [0.2, 0.25) is 0 Å². The van der Waals surface area contributed by atoms with E-state index in [-0.39, 0.29) is 0 Å². The summed E-state index contributed by atoms with van der Waals surface area (Å²) in [6.07, 6.45) is 4.01. The van der Waals surface area contributed by atoms with Crippen LogP contribution >= 0.6 is 0 Å². The highest BCUT2D eigenvalue weighted by Gasteiger charge is 2.36. The van der Waals surface area contributed by atoms with E-state index >= 15 is 0 Å². The van der Waals surface area contributed by atoms with E-state index < -0.39 is 5.66 Å². The lowest BCUT2D eigenvalue weighted by Gasteiger charge is -2.36. The van der Waals surface area contributed by atoms with Crippen LogP contribution in [0.4, 0.5) is 5.69 Å². The van der Waals surface area contributed by atoms with Crippen LogP contribution in [0.25, 0.3) is 60.6 Å². The number of aliphatic imine (C=N–C) groups is 1. The van der Waals surface area contributed by atoms with E-state index in [1.807, 2.05) is 18.3 Å². The molecule has 51 heavy (non-hydrogen) atoms. The van der Waals surface area contributed by atoms with Gasteiger partial charge in [-0.3, -0.25) is 4.99 Å². The zero-order valence-electron chi connectivity index (χ0n) is 28.0. The Labute approximate surface area is 298 Å². The molecule has 0 saturated heterocycles. The second-order valence-corrected chi connectivity index (χ2v) is 13.1. The van der Waals surface area contributed by atoms with Gasteiger partial charge in [-0.1, -0.05) is 170 Å². The smallest absolute Gasteiger partial charge is 0.181 e. The molecule has 0 spiro atoms. The van der Waals surface area contributed by atoms with Crippen molar-refractivity contribution < 1.29 is 0 Å². The fraction of sp³-hybridized carbons (Fsp3) is 0.0208. The maximum atomic E-state index is 5.97. The molecule has 8 aromatic rings. The molecule has 0 fully saturated rings. The van der Waals surface area contributed by atoms with Crippen molar-refractivity contribution in [1.29, 1.82) is 0 Å². The number of allylic oxidation sites excluding steroid dienone is 1. The molecule has 3 N–H and O–H groups in total. The predicted molar refractivity (Wildman–Crippen MR) is 215 cm³/mol. The second-order valence-electron chi connectivity index (χ2n) is 13.1. The van der Waals surface area contributed by atoms with Gasteiger partial charge in [-0.05, 0) is 78.7 Å². The molecule has 0 aliphatic carbocycles. The quantitative estimate of drug-likeness (QED) is 0.175. The summed E-state index contributed by atoms with van der Waals surface area (Å²) < 4.78 is 0. The number of nitrogens with one attached hydrogen (secondary N) is 1. The summed E-state index contributed by atoms with van der Waals surface area (Å²) in [6.45, 7) is 0. The topological polar surface area (TPSA) is 50.4 Å². The SMILES string of the molecule is Nc1ccc(-c2ccc(C3(c4ccc(-c5cccc6ccccc56)cc4)N=CC=C(c4ccc(-c5cccc6ccccc56)cc4)N3)cc2)cc1. The number of nitrogen functional groups attached to an aromatic ring is 1. The summed E-state index contributed by atoms with van der Waals surface area (Å²) >= 11 is 0. The van der Waals surface area contributed by atoms with E-state index in [0.717, 1.165) is 39.2 Å². The van der Waals surface area contributed by atoms with E-state index in [2.05, 4.69) is 181 Å². The predicted octanol–water partition coefficient (Wildman–Crippen LogP) is 11.5. The fourth-order valence-corrected chi connectivity index (χ4v) is 7.37. The van der Waals surface area contributed by atoms with Crippen molar-refractivity contribution in [3.05, 3.63) is 205 Å². The number of nitrogens with two attached hydrogens (primary N) is 1. The number of fused-ring (bicyclic) bond motifs is 2. The Morgan fingerprint density at radius 1 is 0.412 bits per heavy atom. The van der Waals surface area contributed by atoms with Crippen LogP contribution in [0.5, 0.6) is 0 Å². The third-order valence-corrected chi connectivity index (χ3v) is 10.1. The van der Waals surface area contributed by atoms with Crippen molar-refractivity contribution >= 4 is 39.1 Å². The Bertz CT molecular complexity index is 2570. The Kier molecular flexibility index (Phi) is 7.52.